The van der Waals surface area contributed by atoms with E-state index in [-0.39, 0.29) is 5.79 Å². The third-order valence-corrected chi connectivity index (χ3v) is 2.13. The van der Waals surface area contributed by atoms with Gasteiger partial charge in [0.25, 0.3) is 0 Å². The Labute approximate surface area is 75.2 Å². The lowest BCUT2D eigenvalue weighted by molar-refractivity contribution is -0.221. The Morgan fingerprint density at radius 3 is 2.08 bits per heavy atom. The van der Waals surface area contributed by atoms with Crippen molar-refractivity contribution >= 4 is 0 Å². The van der Waals surface area contributed by atoms with Crippen molar-refractivity contribution < 1.29 is 9.47 Å². The van der Waals surface area contributed by atoms with Crippen molar-refractivity contribution in [1.29, 1.82) is 0 Å². The molecule has 1 rings (SSSR count). The molecule has 0 aromatic rings. The molecule has 0 aromatic heterocycles. The first-order chi connectivity index (χ1) is 5.62. The maximum absolute atomic E-state index is 5.68. The summed E-state index contributed by atoms with van der Waals surface area (Å²) in [6.07, 6.45) is 3.26. The fourth-order valence-corrected chi connectivity index (χ4v) is 1.68. The first-order valence-electron chi connectivity index (χ1n) is 4.90. The van der Waals surface area contributed by atoms with Gasteiger partial charge < -0.3 is 9.47 Å². The van der Waals surface area contributed by atoms with E-state index in [1.54, 1.807) is 0 Å². The molecule has 2 nitrogen and oxygen atoms in total. The maximum atomic E-state index is 5.68. The van der Waals surface area contributed by atoms with Crippen LogP contribution in [0.4, 0.5) is 0 Å². The quantitative estimate of drug-likeness (QED) is 0.637. The fraction of sp³-hybridized carbons (Fsp3) is 1.00. The minimum absolute atomic E-state index is 0.315. The molecule has 0 radical (unpaired) electrons. The molecular weight excluding hydrogens is 152 g/mol. The largest absolute Gasteiger partial charge is 0.350 e. The predicted octanol–water partition coefficient (Wildman–Crippen LogP) is 2.58. The third kappa shape index (κ3) is 3.11. The van der Waals surface area contributed by atoms with Crippen molar-refractivity contribution in [2.24, 2.45) is 5.92 Å². The highest BCUT2D eigenvalue weighted by Crippen LogP contribution is 2.25. The molecule has 0 aromatic carbocycles. The molecule has 1 fully saturated rings. The van der Waals surface area contributed by atoms with E-state index in [1.807, 2.05) is 0 Å². The molecular formula is C10H20O2. The fourth-order valence-electron chi connectivity index (χ4n) is 1.68. The third-order valence-electron chi connectivity index (χ3n) is 2.13. The van der Waals surface area contributed by atoms with Crippen LogP contribution in [0.25, 0.3) is 0 Å². The summed E-state index contributed by atoms with van der Waals surface area (Å²) < 4.78 is 11.4. The zero-order valence-electron chi connectivity index (χ0n) is 8.43. The van der Waals surface area contributed by atoms with Crippen LogP contribution in [0.2, 0.25) is 0 Å². The van der Waals surface area contributed by atoms with E-state index in [0.717, 1.165) is 32.5 Å². The second-order valence-electron chi connectivity index (χ2n) is 4.14. The first kappa shape index (κ1) is 10.0. The first-order valence-corrected chi connectivity index (χ1v) is 4.90. The number of rotatable bonds is 2. The van der Waals surface area contributed by atoms with E-state index in [1.165, 1.54) is 0 Å². The zero-order chi connectivity index (χ0) is 9.03. The Kier molecular flexibility index (Phi) is 3.53. The van der Waals surface area contributed by atoms with Gasteiger partial charge in [0, 0.05) is 6.42 Å². The second-order valence-corrected chi connectivity index (χ2v) is 4.14. The molecule has 1 saturated heterocycles. The van der Waals surface area contributed by atoms with Gasteiger partial charge in [0.2, 0.25) is 0 Å². The van der Waals surface area contributed by atoms with Gasteiger partial charge in [-0.1, -0.05) is 13.8 Å². The highest BCUT2D eigenvalue weighted by molar-refractivity contribution is 4.67. The summed E-state index contributed by atoms with van der Waals surface area (Å²) in [6.45, 7) is 8.15. The average molecular weight is 172 g/mol. The lowest BCUT2D eigenvalue weighted by Gasteiger charge is -2.29. The second kappa shape index (κ2) is 4.24. The number of hydrogen-bond acceptors (Lipinski definition) is 2. The standard InChI is InChI=1S/C10H20O2/c1-9(2)8-10(3)11-6-4-5-7-12-10/h9H,4-8H2,1-3H3. The minimum Gasteiger partial charge on any atom is -0.350 e. The summed E-state index contributed by atoms with van der Waals surface area (Å²) in [5.74, 6) is 0.318. The topological polar surface area (TPSA) is 18.5 Å². The Balaban J connectivity index is 2.42. The van der Waals surface area contributed by atoms with Crippen LogP contribution in [0, 0.1) is 5.92 Å². The van der Waals surface area contributed by atoms with Crippen molar-refractivity contribution in [2.45, 2.75) is 45.8 Å². The SMILES string of the molecule is CC(C)CC1(C)OCCCCO1. The molecule has 0 spiro atoms. The lowest BCUT2D eigenvalue weighted by Crippen LogP contribution is -2.33. The molecule has 1 aliphatic heterocycles. The van der Waals surface area contributed by atoms with Crippen molar-refractivity contribution in [3.8, 4) is 0 Å². The molecule has 1 heterocycles. The maximum Gasteiger partial charge on any atom is 0.165 e. The molecule has 72 valence electrons. The number of hydrogen-bond donors (Lipinski definition) is 0. The van der Waals surface area contributed by atoms with Gasteiger partial charge in [0.1, 0.15) is 0 Å². The lowest BCUT2D eigenvalue weighted by atomic mass is 10.0. The smallest absolute Gasteiger partial charge is 0.165 e. The van der Waals surface area contributed by atoms with Gasteiger partial charge in [-0.2, -0.15) is 0 Å². The molecule has 0 amide bonds. The van der Waals surface area contributed by atoms with Gasteiger partial charge in [-0.05, 0) is 25.7 Å². The molecule has 0 saturated carbocycles. The Bertz CT molecular complexity index is 124. The zero-order valence-corrected chi connectivity index (χ0v) is 8.43. The summed E-state index contributed by atoms with van der Waals surface area (Å²) in [6, 6.07) is 0. The van der Waals surface area contributed by atoms with Crippen molar-refractivity contribution in [1.82, 2.24) is 0 Å². The Morgan fingerprint density at radius 1 is 1.17 bits per heavy atom. The van der Waals surface area contributed by atoms with E-state index < -0.39 is 0 Å². The summed E-state index contributed by atoms with van der Waals surface area (Å²) in [5.41, 5.74) is 0. The van der Waals surface area contributed by atoms with Crippen LogP contribution < -0.4 is 0 Å². The van der Waals surface area contributed by atoms with Crippen LogP contribution >= 0.6 is 0 Å². The Morgan fingerprint density at radius 2 is 1.67 bits per heavy atom. The summed E-state index contributed by atoms with van der Waals surface area (Å²) >= 11 is 0. The van der Waals surface area contributed by atoms with Gasteiger partial charge in [0.15, 0.2) is 5.79 Å². The van der Waals surface area contributed by atoms with Crippen LogP contribution in [0.15, 0.2) is 0 Å². The molecule has 12 heavy (non-hydrogen) atoms. The van der Waals surface area contributed by atoms with Crippen LogP contribution in [0.5, 0.6) is 0 Å². The highest BCUT2D eigenvalue weighted by atomic mass is 16.7. The van der Waals surface area contributed by atoms with Crippen molar-refractivity contribution in [3.63, 3.8) is 0 Å². The molecule has 0 aliphatic carbocycles. The van der Waals surface area contributed by atoms with Gasteiger partial charge >= 0.3 is 0 Å². The van der Waals surface area contributed by atoms with Gasteiger partial charge in [-0.15, -0.1) is 0 Å². The van der Waals surface area contributed by atoms with E-state index in [4.69, 9.17) is 9.47 Å². The number of ether oxygens (including phenoxy) is 2. The Hall–Kier alpha value is -0.0800. The van der Waals surface area contributed by atoms with Crippen LogP contribution in [-0.4, -0.2) is 19.0 Å². The predicted molar refractivity (Wildman–Crippen MR) is 49.0 cm³/mol. The van der Waals surface area contributed by atoms with E-state index in [9.17, 15) is 0 Å². The van der Waals surface area contributed by atoms with E-state index in [2.05, 4.69) is 20.8 Å². The summed E-state index contributed by atoms with van der Waals surface area (Å²) in [4.78, 5) is 0. The average Bonchev–Trinajstić information content (AvgIpc) is 2.12. The highest BCUT2D eigenvalue weighted by Gasteiger charge is 2.28. The molecule has 2 heteroatoms. The molecule has 0 unspecified atom stereocenters. The van der Waals surface area contributed by atoms with Gasteiger partial charge in [0.05, 0.1) is 13.2 Å². The molecule has 0 N–H and O–H groups in total. The van der Waals surface area contributed by atoms with Gasteiger partial charge in [-0.25, -0.2) is 0 Å². The summed E-state index contributed by atoms with van der Waals surface area (Å²) in [5, 5.41) is 0. The van der Waals surface area contributed by atoms with E-state index >= 15 is 0 Å². The van der Waals surface area contributed by atoms with Crippen molar-refractivity contribution in [3.05, 3.63) is 0 Å². The van der Waals surface area contributed by atoms with Gasteiger partial charge in [-0.3, -0.25) is 0 Å². The molecule has 0 bridgehead atoms. The monoisotopic (exact) mass is 172 g/mol. The molecule has 1 aliphatic rings. The normalized spacial score (nSPS) is 24.0. The molecule has 0 atom stereocenters. The van der Waals surface area contributed by atoms with Crippen LogP contribution in [0.3, 0.4) is 0 Å². The van der Waals surface area contributed by atoms with Crippen LogP contribution in [-0.2, 0) is 9.47 Å². The summed E-state index contributed by atoms with van der Waals surface area (Å²) in [7, 11) is 0. The van der Waals surface area contributed by atoms with Crippen molar-refractivity contribution in [2.75, 3.05) is 13.2 Å². The van der Waals surface area contributed by atoms with E-state index in [0.29, 0.717) is 5.92 Å². The minimum atomic E-state index is -0.315. The van der Waals surface area contributed by atoms with Crippen LogP contribution in [0.1, 0.15) is 40.0 Å².